The molecule has 0 fully saturated rings. The standard InChI is InChI=1S/C28H28N6O3S.C21H26N2O.C7H4N4O6S2.C7H5N3O2S.CH4.H3NO5S.H2O4S/c1-21-18-23(33(20-22-8-3-2-4-9-22)15-5-6-16-37-17-7-14-29)10-12-26(21)30-31-28-25-19-24(34(35)36)11-13-27(25)32-38-28;1-19-9-7-12-21(17-19)23(18-20-10-3-2-4-11-20)14-5-6-15-24-16-8-13-22;12-11(13)4-1-2-6-5(3-4)7(18-9-6)8-10-19(15,16)17-14;8-7-5-3-4(10(11)12)1-2-6(5)9-13-7;;2-1-7(4,5)6-3;1-5(2,3)4/h2-4,8-13,18-19H,5-7,15-17,20H2,1H3;2-4,7,9-12,17H,5-6,8,14-16,18H2,1H3;1-3,14H;1-3H,8H2;1H4;2-3H,(H,1,4,5);(H2,1,2,3,4). The number of non-ortho nitro benzene ring substituents is 3. The molecular weight excluding hydrogens is 1520 g/mol. The third-order valence-electron chi connectivity index (χ3n) is 13.8. The summed E-state index contributed by atoms with van der Waals surface area (Å²) < 4.78 is 104. The van der Waals surface area contributed by atoms with E-state index < -0.39 is 45.8 Å². The van der Waals surface area contributed by atoms with E-state index in [2.05, 4.69) is 143 Å². The highest BCUT2D eigenvalue weighted by Crippen LogP contribution is 2.37. The second kappa shape index (κ2) is 45.7. The van der Waals surface area contributed by atoms with Crippen LogP contribution in [0.3, 0.4) is 0 Å². The number of nitro groups is 3. The van der Waals surface area contributed by atoms with Crippen molar-refractivity contribution in [3.05, 3.63) is 210 Å². The number of hydrogen-bond acceptors (Lipinski definition) is 32. The number of fused-ring (bicyclic) bond motifs is 3. The molecule has 7 aromatic carbocycles. The van der Waals surface area contributed by atoms with Gasteiger partial charge in [-0.2, -0.15) is 44.7 Å². The Morgan fingerprint density at radius 2 is 0.981 bits per heavy atom. The first kappa shape index (κ1) is 88.8. The Balaban J connectivity index is 0.000000302. The number of unbranched alkanes of at least 4 members (excludes halogenated alkanes) is 2. The Labute approximate surface area is 625 Å². The van der Waals surface area contributed by atoms with Crippen molar-refractivity contribution in [2.75, 3.05) is 55.1 Å². The number of aryl methyl sites for hydroxylation is 2. The largest absolute Gasteiger partial charge is 0.425 e. The third-order valence-corrected chi connectivity index (χ3v) is 16.9. The van der Waals surface area contributed by atoms with Crippen LogP contribution < -0.4 is 15.5 Å². The van der Waals surface area contributed by atoms with Crippen LogP contribution in [-0.4, -0.2) is 118 Å². The number of nitrogens with zero attached hydrogens (tertiary/aromatic N) is 15. The Hall–Kier alpha value is -10.6. The molecule has 43 heteroatoms. The van der Waals surface area contributed by atoms with Crippen molar-refractivity contribution in [3.8, 4) is 12.1 Å². The van der Waals surface area contributed by atoms with Gasteiger partial charge in [0, 0.05) is 103 Å². The molecule has 0 bridgehead atoms. The number of nitrogens with two attached hydrogens (primary N) is 1. The fraction of sp³-hybridized carbons (Fsp3) is 0.266. The first-order valence-corrected chi connectivity index (χ1v) is 37.2. The van der Waals surface area contributed by atoms with E-state index in [0.29, 0.717) is 70.0 Å². The Morgan fingerprint density at radius 1 is 0.542 bits per heavy atom. The second-order valence-corrected chi connectivity index (χ2v) is 27.0. The lowest BCUT2D eigenvalue weighted by Crippen LogP contribution is -2.24. The molecule has 0 saturated carbocycles. The Bertz CT molecular complexity index is 5030. The molecule has 10 aromatic rings. The predicted molar refractivity (Wildman–Crippen MR) is 402 cm³/mol. The van der Waals surface area contributed by atoms with Crippen LogP contribution in [0.1, 0.15) is 68.2 Å². The smallest absolute Gasteiger partial charge is 0.389 e. The molecule has 0 aliphatic carbocycles. The summed E-state index contributed by atoms with van der Waals surface area (Å²) in [6.07, 6.45) is 4.87. The van der Waals surface area contributed by atoms with Gasteiger partial charge in [0.05, 0.1) is 75.2 Å². The molecule has 10 rings (SSSR count). The number of nitro benzene ring substituents is 3. The number of rotatable bonds is 29. The van der Waals surface area contributed by atoms with Gasteiger partial charge in [0.25, 0.3) is 17.1 Å². The van der Waals surface area contributed by atoms with Gasteiger partial charge in [0.1, 0.15) is 5.00 Å². The molecule has 107 heavy (non-hydrogen) atoms. The average molecular weight is 1590 g/mol. The quantitative estimate of drug-likeness (QED) is 0.00571. The molecule has 0 amide bonds. The van der Waals surface area contributed by atoms with Crippen molar-refractivity contribution < 1.29 is 83.3 Å². The van der Waals surface area contributed by atoms with Crippen molar-refractivity contribution >= 4 is 147 Å². The van der Waals surface area contributed by atoms with Crippen LogP contribution in [0.15, 0.2) is 182 Å². The molecule has 0 radical (unpaired) electrons. The van der Waals surface area contributed by atoms with Crippen LogP contribution >= 0.6 is 34.6 Å². The van der Waals surface area contributed by atoms with Crippen molar-refractivity contribution in [3.63, 3.8) is 0 Å². The van der Waals surface area contributed by atoms with Crippen molar-refractivity contribution in [1.29, 1.82) is 10.5 Å². The van der Waals surface area contributed by atoms with Gasteiger partial charge in [0.2, 0.25) is 0 Å². The first-order valence-electron chi connectivity index (χ1n) is 30.7. The summed E-state index contributed by atoms with van der Waals surface area (Å²) in [5, 5.41) is 86.8. The van der Waals surface area contributed by atoms with Crippen LogP contribution in [0.4, 0.5) is 49.1 Å². The lowest BCUT2D eigenvalue weighted by molar-refractivity contribution is -0.384. The highest BCUT2D eigenvalue weighted by Gasteiger charge is 2.17. The van der Waals surface area contributed by atoms with Crippen LogP contribution in [0.25, 0.3) is 32.7 Å². The number of nitrogen functional groups attached to an aromatic ring is 1. The van der Waals surface area contributed by atoms with E-state index in [9.17, 15) is 43.0 Å². The molecule has 1 atom stereocenters. The van der Waals surface area contributed by atoms with E-state index in [0.717, 1.165) is 98.5 Å². The predicted octanol–water partition coefficient (Wildman–Crippen LogP) is 15.9. The van der Waals surface area contributed by atoms with E-state index >= 15 is 0 Å². The minimum Gasteiger partial charge on any atom is -0.389 e. The van der Waals surface area contributed by atoms with Gasteiger partial charge in [-0.25, -0.2) is 10.5 Å². The molecule has 570 valence electrons. The summed E-state index contributed by atoms with van der Waals surface area (Å²) in [7, 11) is -13.4. The van der Waals surface area contributed by atoms with Crippen LogP contribution in [-0.2, 0) is 62.2 Å². The lowest BCUT2D eigenvalue weighted by atomic mass is 10.1. The minimum atomic E-state index is -4.67. The zero-order valence-electron chi connectivity index (χ0n) is 56.0. The molecule has 0 aliphatic heterocycles. The molecular formula is C64H72N16O21S6. The maximum atomic E-state index is 11.2. The van der Waals surface area contributed by atoms with Crippen molar-refractivity contribution in [2.24, 2.45) is 24.4 Å². The van der Waals surface area contributed by atoms with E-state index in [1.54, 1.807) is 16.7 Å². The number of hydrogen-bond donors (Lipinski definition) is 7. The molecule has 0 spiro atoms. The summed E-state index contributed by atoms with van der Waals surface area (Å²) in [6, 6.07) is 52.8. The van der Waals surface area contributed by atoms with E-state index in [4.69, 9.17) is 63.5 Å². The van der Waals surface area contributed by atoms with Gasteiger partial charge < -0.3 is 25.0 Å². The molecule has 8 N–H and O–H groups in total. The van der Waals surface area contributed by atoms with Gasteiger partial charge in [-0.1, -0.05) is 84.6 Å². The normalized spacial score (nSPS) is 11.5. The lowest BCUT2D eigenvalue weighted by Gasteiger charge is -2.26. The fourth-order valence-electron chi connectivity index (χ4n) is 8.92. The maximum absolute atomic E-state index is 11.2. The number of ether oxygens (including phenoxy) is 2. The van der Waals surface area contributed by atoms with Crippen molar-refractivity contribution in [2.45, 2.75) is 72.9 Å². The summed E-state index contributed by atoms with van der Waals surface area (Å²) in [6.45, 7) is 10.1. The van der Waals surface area contributed by atoms with E-state index in [-0.39, 0.29) is 34.9 Å². The number of aromatic nitrogens is 3. The van der Waals surface area contributed by atoms with Crippen LogP contribution in [0, 0.1) is 66.9 Å². The summed E-state index contributed by atoms with van der Waals surface area (Å²) in [5.74, 6) is 0. The van der Waals surface area contributed by atoms with E-state index in [1.807, 2.05) is 37.3 Å². The first-order chi connectivity index (χ1) is 50.6. The van der Waals surface area contributed by atoms with Crippen molar-refractivity contribution in [1.82, 2.24) is 13.1 Å². The average Bonchev–Trinajstić information content (AvgIpc) is 1.68. The van der Waals surface area contributed by atoms with Gasteiger partial charge in [-0.3, -0.25) is 49.2 Å². The Morgan fingerprint density at radius 3 is 1.39 bits per heavy atom. The zero-order chi connectivity index (χ0) is 77.7. The highest BCUT2D eigenvalue weighted by molar-refractivity contribution is 7.85. The van der Waals surface area contributed by atoms with Gasteiger partial charge >= 0.3 is 31.0 Å². The zero-order valence-corrected chi connectivity index (χ0v) is 60.9. The molecule has 0 saturated heterocycles. The van der Waals surface area contributed by atoms with Crippen LogP contribution in [0.5, 0.6) is 0 Å². The molecule has 0 aliphatic rings. The fourth-order valence-corrected chi connectivity index (χ4v) is 11.2. The summed E-state index contributed by atoms with van der Waals surface area (Å²) in [4.78, 5) is 35.5. The highest BCUT2D eigenvalue weighted by atomic mass is 32.3. The number of anilines is 3. The van der Waals surface area contributed by atoms with Gasteiger partial charge in [-0.15, -0.1) is 19.7 Å². The van der Waals surface area contributed by atoms with Gasteiger partial charge in [0.15, 0.2) is 10.0 Å². The minimum absolute atomic E-state index is 0. The number of nitriles is 2. The molecule has 3 heterocycles. The molecule has 3 aromatic heterocycles. The topological polar surface area (TPSA) is 554 Å². The number of benzene rings is 7. The van der Waals surface area contributed by atoms with E-state index in [1.165, 1.54) is 76.4 Å². The summed E-state index contributed by atoms with van der Waals surface area (Å²) in [5.41, 5.74) is 15.1. The Kier molecular flexibility index (Phi) is 38.0. The maximum Gasteiger partial charge on any atom is 0.425 e. The van der Waals surface area contributed by atoms with Gasteiger partial charge in [-0.05, 0) is 154 Å². The SMILES string of the molecule is C.Cc1cc(N(CCCCOCCC#N)Cc2ccccc2)ccc1N=Nc1snc2ccc([N+](=O)[O-])cc12.Cc1cccc(N(CCCCOCCC#N)Cc2ccccc2)c1.Nc1snc2ccc([N+](=O)[O-])cc12.O=S(=O)(O)O.O=S(O)(=NO)OO.O=[N+]([O-])c1ccc2nsc(N=NS(=O)(=O)OO)c2c1. The third kappa shape index (κ3) is 32.4. The second-order valence-electron chi connectivity index (χ2n) is 21.4. The molecule has 1 unspecified atom stereocenters. The number of azo groups is 1. The summed E-state index contributed by atoms with van der Waals surface area (Å²) >= 11 is 3.11. The van der Waals surface area contributed by atoms with Crippen LogP contribution in [0.2, 0.25) is 0 Å². The monoisotopic (exact) mass is 1590 g/mol. The molecule has 37 nitrogen and oxygen atoms in total.